The van der Waals surface area contributed by atoms with Gasteiger partial charge >= 0.3 is 0 Å². The van der Waals surface area contributed by atoms with Gasteiger partial charge in [0.05, 0.1) is 12.7 Å². The Hall–Kier alpha value is -1.67. The van der Waals surface area contributed by atoms with E-state index >= 15 is 0 Å². The summed E-state index contributed by atoms with van der Waals surface area (Å²) in [6.45, 7) is 3.44. The van der Waals surface area contributed by atoms with Gasteiger partial charge in [-0.15, -0.1) is 10.2 Å². The maximum Gasteiger partial charge on any atom is 0.296 e. The maximum absolute atomic E-state index is 14.1. The molecule has 21 heavy (non-hydrogen) atoms. The molecule has 1 heterocycles. The Morgan fingerprint density at radius 2 is 2.00 bits per heavy atom. The number of aromatic nitrogens is 3. The monoisotopic (exact) mass is 333 g/mol. The number of hydrogen-bond acceptors (Lipinski definition) is 5. The normalized spacial score (nSPS) is 11.9. The van der Waals surface area contributed by atoms with Gasteiger partial charge in [0.2, 0.25) is 0 Å². The molecule has 6 nitrogen and oxygen atoms in total. The van der Waals surface area contributed by atoms with Crippen LogP contribution in [-0.4, -0.2) is 30.3 Å². The second-order valence-electron chi connectivity index (χ2n) is 4.55. The van der Waals surface area contributed by atoms with Crippen LogP contribution in [0.4, 0.5) is 4.39 Å². The fourth-order valence-electron chi connectivity index (χ4n) is 1.90. The molecule has 0 aliphatic rings. The van der Waals surface area contributed by atoms with Crippen LogP contribution in [0, 0.1) is 5.82 Å². The molecule has 2 aromatic rings. The van der Waals surface area contributed by atoms with Crippen LogP contribution in [-0.2, 0) is 9.05 Å². The Morgan fingerprint density at radius 1 is 1.33 bits per heavy atom. The van der Waals surface area contributed by atoms with Crippen molar-refractivity contribution >= 4 is 19.7 Å². The van der Waals surface area contributed by atoms with Crippen molar-refractivity contribution in [2.45, 2.75) is 25.0 Å². The van der Waals surface area contributed by atoms with E-state index < -0.39 is 20.0 Å². The molecule has 0 aliphatic heterocycles. The summed E-state index contributed by atoms with van der Waals surface area (Å²) < 4.78 is 43.4. The highest BCUT2D eigenvalue weighted by atomic mass is 35.7. The van der Waals surface area contributed by atoms with E-state index in [1.807, 2.05) is 0 Å². The Kier molecular flexibility index (Phi) is 4.20. The van der Waals surface area contributed by atoms with Crippen molar-refractivity contribution in [2.75, 3.05) is 7.11 Å². The minimum Gasteiger partial charge on any atom is -0.497 e. The third-order valence-corrected chi connectivity index (χ3v) is 3.94. The summed E-state index contributed by atoms with van der Waals surface area (Å²) in [5, 5.41) is 6.91. The number of halogens is 2. The number of ether oxygens (including phenoxy) is 1. The molecule has 114 valence electrons. The second-order valence-corrected chi connectivity index (χ2v) is 7.01. The van der Waals surface area contributed by atoms with Gasteiger partial charge in [-0.05, 0) is 26.0 Å². The van der Waals surface area contributed by atoms with Crippen molar-refractivity contribution < 1.29 is 17.5 Å². The maximum atomic E-state index is 14.1. The van der Waals surface area contributed by atoms with E-state index in [2.05, 4.69) is 10.2 Å². The van der Waals surface area contributed by atoms with Gasteiger partial charge in [-0.25, -0.2) is 12.8 Å². The first kappa shape index (κ1) is 15.7. The highest BCUT2D eigenvalue weighted by Gasteiger charge is 2.26. The van der Waals surface area contributed by atoms with Gasteiger partial charge in [0.15, 0.2) is 5.82 Å². The third kappa shape index (κ3) is 3.01. The standard InChI is InChI=1S/C12H13ClFN3O3S/c1-7(2)17-11(15-16-12(17)21(13,18)19)9-5-4-8(20-3)6-10(9)14/h4-7H,1-3H3. The third-order valence-electron chi connectivity index (χ3n) is 2.82. The quantitative estimate of drug-likeness (QED) is 0.804. The summed E-state index contributed by atoms with van der Waals surface area (Å²) in [6.07, 6.45) is 0. The van der Waals surface area contributed by atoms with Gasteiger partial charge < -0.3 is 4.74 Å². The van der Waals surface area contributed by atoms with Crippen LogP contribution < -0.4 is 4.74 Å². The Morgan fingerprint density at radius 3 is 2.48 bits per heavy atom. The predicted molar refractivity (Wildman–Crippen MR) is 75.4 cm³/mol. The first-order chi connectivity index (χ1) is 9.75. The molecular formula is C12H13ClFN3O3S. The lowest BCUT2D eigenvalue weighted by Gasteiger charge is -2.13. The molecule has 0 bridgehead atoms. The second kappa shape index (κ2) is 5.61. The lowest BCUT2D eigenvalue weighted by Crippen LogP contribution is -2.10. The number of nitrogens with zero attached hydrogens (tertiary/aromatic N) is 3. The SMILES string of the molecule is COc1ccc(-c2nnc(S(=O)(=O)Cl)n2C(C)C)c(F)c1. The molecule has 0 atom stereocenters. The molecule has 1 aromatic carbocycles. The van der Waals surface area contributed by atoms with Crippen molar-refractivity contribution in [1.29, 1.82) is 0 Å². The van der Waals surface area contributed by atoms with E-state index in [9.17, 15) is 12.8 Å². The van der Waals surface area contributed by atoms with Gasteiger partial charge in [-0.3, -0.25) is 4.57 Å². The van der Waals surface area contributed by atoms with Crippen molar-refractivity contribution in [3.05, 3.63) is 24.0 Å². The minimum atomic E-state index is -4.08. The molecule has 2 rings (SSSR count). The summed E-state index contributed by atoms with van der Waals surface area (Å²) in [7, 11) is 2.67. The first-order valence-electron chi connectivity index (χ1n) is 5.99. The van der Waals surface area contributed by atoms with Gasteiger partial charge in [0.1, 0.15) is 11.6 Å². The van der Waals surface area contributed by atoms with Crippen LogP contribution in [0.2, 0.25) is 0 Å². The molecule has 0 spiro atoms. The number of benzene rings is 1. The zero-order valence-electron chi connectivity index (χ0n) is 11.5. The molecule has 0 fully saturated rings. The minimum absolute atomic E-state index is 0.0874. The molecule has 0 unspecified atom stereocenters. The fourth-order valence-corrected chi connectivity index (χ4v) is 2.88. The van der Waals surface area contributed by atoms with E-state index in [4.69, 9.17) is 15.4 Å². The summed E-state index contributed by atoms with van der Waals surface area (Å²) >= 11 is 0. The van der Waals surface area contributed by atoms with Crippen LogP contribution >= 0.6 is 10.7 Å². The zero-order valence-corrected chi connectivity index (χ0v) is 13.1. The largest absolute Gasteiger partial charge is 0.497 e. The molecule has 0 aliphatic carbocycles. The molecule has 9 heteroatoms. The van der Waals surface area contributed by atoms with Crippen molar-refractivity contribution in [1.82, 2.24) is 14.8 Å². The number of hydrogen-bond donors (Lipinski definition) is 0. The number of rotatable bonds is 4. The summed E-state index contributed by atoms with van der Waals surface area (Å²) in [4.78, 5) is 0. The van der Waals surface area contributed by atoms with E-state index in [0.29, 0.717) is 5.75 Å². The molecule has 1 aromatic heterocycles. The zero-order chi connectivity index (χ0) is 15.8. The lowest BCUT2D eigenvalue weighted by molar-refractivity contribution is 0.411. The Balaban J connectivity index is 2.68. The van der Waals surface area contributed by atoms with E-state index in [0.717, 1.165) is 0 Å². The van der Waals surface area contributed by atoms with Crippen molar-refractivity contribution in [3.63, 3.8) is 0 Å². The van der Waals surface area contributed by atoms with Gasteiger partial charge in [-0.1, -0.05) is 0 Å². The van der Waals surface area contributed by atoms with Crippen LogP contribution in [0.25, 0.3) is 11.4 Å². The van der Waals surface area contributed by atoms with E-state index in [1.54, 1.807) is 19.9 Å². The molecule has 0 N–H and O–H groups in total. The molecular weight excluding hydrogens is 321 g/mol. The smallest absolute Gasteiger partial charge is 0.296 e. The van der Waals surface area contributed by atoms with Crippen LogP contribution in [0.1, 0.15) is 19.9 Å². The Labute approximate surface area is 125 Å². The molecule has 0 saturated carbocycles. The molecule has 0 amide bonds. The van der Waals surface area contributed by atoms with Gasteiger partial charge in [0.25, 0.3) is 14.2 Å². The molecule has 0 radical (unpaired) electrons. The van der Waals surface area contributed by atoms with Gasteiger partial charge in [-0.2, -0.15) is 0 Å². The van der Waals surface area contributed by atoms with Gasteiger partial charge in [0, 0.05) is 22.8 Å². The van der Waals surface area contributed by atoms with Crippen molar-refractivity contribution in [3.8, 4) is 17.1 Å². The highest BCUT2D eigenvalue weighted by Crippen LogP contribution is 2.29. The Bertz CT molecular complexity index is 774. The van der Waals surface area contributed by atoms with Crippen LogP contribution in [0.5, 0.6) is 5.75 Å². The van der Waals surface area contributed by atoms with Crippen LogP contribution in [0.3, 0.4) is 0 Å². The predicted octanol–water partition coefficient (Wildman–Crippen LogP) is 2.60. The highest BCUT2D eigenvalue weighted by molar-refractivity contribution is 8.13. The first-order valence-corrected chi connectivity index (χ1v) is 8.30. The lowest BCUT2D eigenvalue weighted by atomic mass is 10.2. The van der Waals surface area contributed by atoms with Crippen LogP contribution in [0.15, 0.2) is 23.4 Å². The summed E-state index contributed by atoms with van der Waals surface area (Å²) in [5.74, 6) is -0.163. The average Bonchev–Trinajstić information content (AvgIpc) is 2.83. The summed E-state index contributed by atoms with van der Waals surface area (Å²) in [6, 6.07) is 3.86. The van der Waals surface area contributed by atoms with Crippen molar-refractivity contribution in [2.24, 2.45) is 0 Å². The average molecular weight is 334 g/mol. The summed E-state index contributed by atoms with van der Waals surface area (Å²) in [5.41, 5.74) is 0.114. The fraction of sp³-hybridized carbons (Fsp3) is 0.333. The molecule has 0 saturated heterocycles. The number of methoxy groups -OCH3 is 1. The van der Waals surface area contributed by atoms with E-state index in [-0.39, 0.29) is 17.4 Å². The topological polar surface area (TPSA) is 74.1 Å². The van der Waals surface area contributed by atoms with E-state index in [1.165, 1.54) is 23.8 Å².